The highest BCUT2D eigenvalue weighted by atomic mass is 19.4. The Balaban J connectivity index is 1.78. The fourth-order valence-corrected chi connectivity index (χ4v) is 2.92. The van der Waals surface area contributed by atoms with Gasteiger partial charge in [-0.1, -0.05) is 6.07 Å². The number of H-pyrrole nitrogens is 1. The largest absolute Gasteiger partial charge is 0.417 e. The SMILES string of the molecule is Cc1ccc(N2CC(C(=O)Nc3cc(C(F)(F)F)c[nH]c3=O)CC2=O)c(F)c1. The van der Waals surface area contributed by atoms with Gasteiger partial charge in [-0.2, -0.15) is 13.2 Å². The third-order valence-electron chi connectivity index (χ3n) is 4.38. The topological polar surface area (TPSA) is 82.3 Å². The number of nitrogens with one attached hydrogen (secondary N) is 2. The quantitative estimate of drug-likeness (QED) is 0.782. The number of hydrogen-bond donors (Lipinski definition) is 2. The smallest absolute Gasteiger partial charge is 0.327 e. The molecule has 1 aromatic heterocycles. The summed E-state index contributed by atoms with van der Waals surface area (Å²) in [6.07, 6.45) is -4.46. The molecular weight excluding hydrogens is 382 g/mol. The van der Waals surface area contributed by atoms with Crippen LogP contribution in [0.3, 0.4) is 0 Å². The van der Waals surface area contributed by atoms with Gasteiger partial charge in [0, 0.05) is 19.2 Å². The summed E-state index contributed by atoms with van der Waals surface area (Å²) < 4.78 is 52.4. The molecule has 1 unspecified atom stereocenters. The number of amides is 2. The lowest BCUT2D eigenvalue weighted by Gasteiger charge is -2.18. The Morgan fingerprint density at radius 3 is 2.61 bits per heavy atom. The molecule has 2 amide bonds. The molecule has 0 bridgehead atoms. The van der Waals surface area contributed by atoms with Gasteiger partial charge in [0.15, 0.2) is 0 Å². The van der Waals surface area contributed by atoms with Crippen molar-refractivity contribution in [1.82, 2.24) is 4.98 Å². The third kappa shape index (κ3) is 3.90. The highest BCUT2D eigenvalue weighted by Gasteiger charge is 2.37. The van der Waals surface area contributed by atoms with Gasteiger partial charge in [-0.25, -0.2) is 4.39 Å². The molecule has 10 heteroatoms. The summed E-state index contributed by atoms with van der Waals surface area (Å²) in [5.74, 6) is -2.86. The second-order valence-electron chi connectivity index (χ2n) is 6.48. The number of anilines is 2. The molecule has 2 heterocycles. The van der Waals surface area contributed by atoms with Crippen LogP contribution in [0.5, 0.6) is 0 Å². The average Bonchev–Trinajstić information content (AvgIpc) is 2.97. The Hall–Kier alpha value is -3.17. The molecule has 0 radical (unpaired) electrons. The molecule has 148 valence electrons. The molecule has 6 nitrogen and oxygen atoms in total. The zero-order chi connectivity index (χ0) is 20.6. The fourth-order valence-electron chi connectivity index (χ4n) is 2.92. The number of hydrogen-bond acceptors (Lipinski definition) is 3. The second kappa shape index (κ2) is 7.10. The summed E-state index contributed by atoms with van der Waals surface area (Å²) in [4.78, 5) is 39.3. The molecular formula is C18H15F4N3O3. The lowest BCUT2D eigenvalue weighted by molar-refractivity contribution is -0.137. The van der Waals surface area contributed by atoms with E-state index < -0.39 is 46.5 Å². The summed E-state index contributed by atoms with van der Waals surface area (Å²) in [6.45, 7) is 1.53. The zero-order valence-electron chi connectivity index (χ0n) is 14.6. The van der Waals surface area contributed by atoms with E-state index in [4.69, 9.17) is 0 Å². The van der Waals surface area contributed by atoms with Crippen molar-refractivity contribution in [3.05, 3.63) is 57.8 Å². The van der Waals surface area contributed by atoms with Crippen LogP contribution >= 0.6 is 0 Å². The van der Waals surface area contributed by atoms with E-state index >= 15 is 0 Å². The number of alkyl halides is 3. The average molecular weight is 397 g/mol. The molecule has 1 fully saturated rings. The van der Waals surface area contributed by atoms with E-state index in [1.165, 1.54) is 12.1 Å². The van der Waals surface area contributed by atoms with Gasteiger partial charge in [-0.3, -0.25) is 14.4 Å². The van der Waals surface area contributed by atoms with E-state index in [0.717, 1.165) is 4.90 Å². The number of halogens is 4. The summed E-state index contributed by atoms with van der Waals surface area (Å²) in [7, 11) is 0. The summed E-state index contributed by atoms with van der Waals surface area (Å²) >= 11 is 0. The highest BCUT2D eigenvalue weighted by molar-refractivity contribution is 6.03. The lowest BCUT2D eigenvalue weighted by atomic mass is 10.1. The number of carbonyl (C=O) groups excluding carboxylic acids is 2. The van der Waals surface area contributed by atoms with E-state index in [9.17, 15) is 31.9 Å². The molecule has 1 aliphatic rings. The van der Waals surface area contributed by atoms with E-state index in [2.05, 4.69) is 5.32 Å². The molecule has 1 aromatic carbocycles. The number of pyridine rings is 1. The Kier molecular flexibility index (Phi) is 4.97. The van der Waals surface area contributed by atoms with Crippen molar-refractivity contribution in [3.8, 4) is 0 Å². The van der Waals surface area contributed by atoms with Gasteiger partial charge in [0.2, 0.25) is 11.8 Å². The van der Waals surface area contributed by atoms with Gasteiger partial charge >= 0.3 is 6.18 Å². The standard InChI is InChI=1S/C18H15F4N3O3/c1-9-2-3-14(12(19)4-9)25-8-10(5-15(25)26)16(27)24-13-6-11(18(20,21)22)7-23-17(13)28/h2-4,6-7,10H,5,8H2,1H3,(H,23,28)(H,24,27). The predicted molar refractivity (Wildman–Crippen MR) is 92.3 cm³/mol. The molecule has 0 aliphatic carbocycles. The van der Waals surface area contributed by atoms with Crippen LogP contribution in [-0.4, -0.2) is 23.3 Å². The zero-order valence-corrected chi connectivity index (χ0v) is 14.6. The van der Waals surface area contributed by atoms with Gasteiger partial charge in [0.1, 0.15) is 11.5 Å². The number of aryl methyl sites for hydroxylation is 1. The maximum atomic E-state index is 14.1. The van der Waals surface area contributed by atoms with E-state index in [0.29, 0.717) is 17.8 Å². The van der Waals surface area contributed by atoms with Crippen LogP contribution in [0.1, 0.15) is 17.5 Å². The lowest BCUT2D eigenvalue weighted by Crippen LogP contribution is -2.30. The van der Waals surface area contributed by atoms with Crippen molar-refractivity contribution in [1.29, 1.82) is 0 Å². The number of carbonyl (C=O) groups is 2. The number of aromatic amines is 1. The summed E-state index contributed by atoms with van der Waals surface area (Å²) in [5, 5.41) is 2.13. The minimum atomic E-state index is -4.70. The highest BCUT2D eigenvalue weighted by Crippen LogP contribution is 2.30. The number of aromatic nitrogens is 1. The molecule has 1 atom stereocenters. The van der Waals surface area contributed by atoms with Crippen LogP contribution in [0.2, 0.25) is 0 Å². The second-order valence-corrected chi connectivity index (χ2v) is 6.48. The number of rotatable bonds is 3. The van der Waals surface area contributed by atoms with Gasteiger partial charge in [0.05, 0.1) is 17.2 Å². The van der Waals surface area contributed by atoms with Crippen molar-refractivity contribution in [3.63, 3.8) is 0 Å². The monoisotopic (exact) mass is 397 g/mol. The predicted octanol–water partition coefficient (Wildman–Crippen LogP) is 2.83. The Labute approximate surface area is 156 Å². The fraction of sp³-hybridized carbons (Fsp3) is 0.278. The maximum absolute atomic E-state index is 14.1. The number of benzene rings is 1. The first-order chi connectivity index (χ1) is 13.1. The van der Waals surface area contributed by atoms with E-state index in [-0.39, 0.29) is 18.7 Å². The third-order valence-corrected chi connectivity index (χ3v) is 4.38. The maximum Gasteiger partial charge on any atom is 0.417 e. The van der Waals surface area contributed by atoms with Crippen molar-refractivity contribution in [2.24, 2.45) is 5.92 Å². The van der Waals surface area contributed by atoms with Gasteiger partial charge < -0.3 is 15.2 Å². The van der Waals surface area contributed by atoms with Crippen LogP contribution in [0.25, 0.3) is 0 Å². The van der Waals surface area contributed by atoms with Crippen LogP contribution in [0, 0.1) is 18.7 Å². The van der Waals surface area contributed by atoms with Crippen molar-refractivity contribution in [2.45, 2.75) is 19.5 Å². The van der Waals surface area contributed by atoms with Crippen LogP contribution in [0.15, 0.2) is 35.3 Å². The summed E-state index contributed by atoms with van der Waals surface area (Å²) in [6, 6.07) is 4.80. The van der Waals surface area contributed by atoms with Gasteiger partial charge in [0.25, 0.3) is 5.56 Å². The summed E-state index contributed by atoms with van der Waals surface area (Å²) in [5.41, 5.74) is -1.94. The Morgan fingerprint density at radius 2 is 1.96 bits per heavy atom. The molecule has 0 spiro atoms. The molecule has 0 saturated carbocycles. The first-order valence-electron chi connectivity index (χ1n) is 8.23. The molecule has 1 saturated heterocycles. The van der Waals surface area contributed by atoms with E-state index in [1.54, 1.807) is 13.0 Å². The van der Waals surface area contributed by atoms with Crippen molar-refractivity contribution < 1.29 is 27.2 Å². The molecule has 2 N–H and O–H groups in total. The first-order valence-corrected chi connectivity index (χ1v) is 8.23. The normalized spacial score (nSPS) is 17.1. The molecule has 3 rings (SSSR count). The number of nitrogens with zero attached hydrogens (tertiary/aromatic N) is 1. The van der Waals surface area contributed by atoms with Crippen molar-refractivity contribution >= 4 is 23.2 Å². The van der Waals surface area contributed by atoms with Crippen LogP contribution in [0.4, 0.5) is 28.9 Å². The molecule has 2 aromatic rings. The Bertz CT molecular complexity index is 1000. The minimum Gasteiger partial charge on any atom is -0.327 e. The molecule has 28 heavy (non-hydrogen) atoms. The van der Waals surface area contributed by atoms with Crippen LogP contribution in [-0.2, 0) is 15.8 Å². The van der Waals surface area contributed by atoms with Crippen LogP contribution < -0.4 is 15.8 Å². The molecule has 1 aliphatic heterocycles. The van der Waals surface area contributed by atoms with Crippen molar-refractivity contribution in [2.75, 3.05) is 16.8 Å². The van der Waals surface area contributed by atoms with Gasteiger partial charge in [-0.05, 0) is 30.7 Å². The first kappa shape index (κ1) is 19.6. The van der Waals surface area contributed by atoms with E-state index in [1.807, 2.05) is 4.98 Å². The Morgan fingerprint density at radius 1 is 1.25 bits per heavy atom. The van der Waals surface area contributed by atoms with Gasteiger partial charge in [-0.15, -0.1) is 0 Å². The minimum absolute atomic E-state index is 0.0165.